The van der Waals surface area contributed by atoms with E-state index < -0.39 is 36.7 Å². The van der Waals surface area contributed by atoms with E-state index in [9.17, 15) is 30.0 Å². The molecule has 26 heavy (non-hydrogen) atoms. The van der Waals surface area contributed by atoms with Gasteiger partial charge in [0.05, 0.1) is 21.0 Å². The molecule has 2 aromatic rings. The third kappa shape index (κ3) is 4.17. The highest BCUT2D eigenvalue weighted by molar-refractivity contribution is 7.92. The van der Waals surface area contributed by atoms with Crippen LogP contribution >= 0.6 is 0 Å². The Balaban J connectivity index is 2.52. The number of rotatable bonds is 5. The fourth-order valence-corrected chi connectivity index (χ4v) is 4.48. The molecule has 0 aromatic heterocycles. The number of nitrogens with one attached hydrogen (secondary N) is 2. The molecule has 0 bridgehead atoms. The van der Waals surface area contributed by atoms with Crippen LogP contribution in [0.3, 0.4) is 0 Å². The van der Waals surface area contributed by atoms with Crippen molar-refractivity contribution in [2.24, 2.45) is 0 Å². The molecule has 0 aliphatic rings. The summed E-state index contributed by atoms with van der Waals surface area (Å²) in [4.78, 5) is -1.14. The Kier molecular flexibility index (Phi) is 5.36. The van der Waals surface area contributed by atoms with E-state index in [1.165, 1.54) is 26.1 Å². The SMILES string of the molecule is CNS(=O)(=O)c1cc(NS(=O)(=O)c2ccccc2C(F)(F)F)ccc1C. The van der Waals surface area contributed by atoms with Crippen molar-refractivity contribution in [3.8, 4) is 0 Å². The summed E-state index contributed by atoms with van der Waals surface area (Å²) in [5.41, 5.74) is -1.15. The van der Waals surface area contributed by atoms with Crippen LogP contribution in [0.5, 0.6) is 0 Å². The average molecular weight is 408 g/mol. The molecule has 0 aliphatic heterocycles. The molecule has 2 rings (SSSR count). The topological polar surface area (TPSA) is 92.3 Å². The quantitative estimate of drug-likeness (QED) is 0.796. The van der Waals surface area contributed by atoms with Crippen LogP contribution in [0.2, 0.25) is 0 Å². The van der Waals surface area contributed by atoms with E-state index in [-0.39, 0.29) is 10.6 Å². The van der Waals surface area contributed by atoms with Crippen LogP contribution in [0, 0.1) is 6.92 Å². The lowest BCUT2D eigenvalue weighted by Gasteiger charge is -2.15. The zero-order valence-electron chi connectivity index (χ0n) is 13.6. The Bertz CT molecular complexity index is 1030. The molecule has 0 unspecified atom stereocenters. The van der Waals surface area contributed by atoms with Gasteiger partial charge in [-0.05, 0) is 43.8 Å². The first kappa shape index (κ1) is 20.2. The number of hydrogen-bond donors (Lipinski definition) is 2. The van der Waals surface area contributed by atoms with Gasteiger partial charge >= 0.3 is 6.18 Å². The van der Waals surface area contributed by atoms with Crippen molar-refractivity contribution in [1.82, 2.24) is 4.72 Å². The molecule has 2 N–H and O–H groups in total. The van der Waals surface area contributed by atoms with Crippen molar-refractivity contribution in [3.63, 3.8) is 0 Å². The summed E-state index contributed by atoms with van der Waals surface area (Å²) in [6.45, 7) is 1.50. The van der Waals surface area contributed by atoms with Crippen molar-refractivity contribution >= 4 is 25.7 Å². The van der Waals surface area contributed by atoms with Crippen LogP contribution in [-0.4, -0.2) is 23.9 Å². The van der Waals surface area contributed by atoms with Crippen LogP contribution < -0.4 is 9.44 Å². The zero-order chi connectivity index (χ0) is 19.8. The van der Waals surface area contributed by atoms with Gasteiger partial charge in [0.1, 0.15) is 0 Å². The van der Waals surface area contributed by atoms with E-state index in [1.807, 2.05) is 4.72 Å². The Hall–Kier alpha value is -2.11. The van der Waals surface area contributed by atoms with Crippen LogP contribution in [0.1, 0.15) is 11.1 Å². The normalized spacial score (nSPS) is 12.8. The molecule has 0 spiro atoms. The predicted octanol–water partition coefficient (Wildman–Crippen LogP) is 2.72. The van der Waals surface area contributed by atoms with Crippen molar-refractivity contribution in [3.05, 3.63) is 53.6 Å². The number of halogens is 3. The van der Waals surface area contributed by atoms with Crippen LogP contribution in [0.15, 0.2) is 52.3 Å². The summed E-state index contributed by atoms with van der Waals surface area (Å²) < 4.78 is 92.0. The van der Waals surface area contributed by atoms with E-state index in [2.05, 4.69) is 4.72 Å². The maximum Gasteiger partial charge on any atom is 0.417 e. The van der Waals surface area contributed by atoms with Gasteiger partial charge < -0.3 is 0 Å². The Labute approximate surface area is 149 Å². The largest absolute Gasteiger partial charge is 0.417 e. The van der Waals surface area contributed by atoms with E-state index in [0.717, 1.165) is 24.3 Å². The van der Waals surface area contributed by atoms with Crippen molar-refractivity contribution < 1.29 is 30.0 Å². The molecule has 0 amide bonds. The monoisotopic (exact) mass is 408 g/mol. The molecule has 0 saturated carbocycles. The maximum absolute atomic E-state index is 13.1. The van der Waals surface area contributed by atoms with Gasteiger partial charge in [-0.3, -0.25) is 4.72 Å². The first-order valence-electron chi connectivity index (χ1n) is 7.12. The van der Waals surface area contributed by atoms with Gasteiger partial charge in [-0.2, -0.15) is 13.2 Å². The molecular weight excluding hydrogens is 393 g/mol. The molecule has 0 heterocycles. The number of anilines is 1. The van der Waals surface area contributed by atoms with Crippen molar-refractivity contribution in [2.45, 2.75) is 22.9 Å². The second-order valence-electron chi connectivity index (χ2n) is 5.29. The number of alkyl halides is 3. The van der Waals surface area contributed by atoms with Gasteiger partial charge in [0, 0.05) is 0 Å². The lowest BCUT2D eigenvalue weighted by molar-refractivity contribution is -0.139. The summed E-state index contributed by atoms with van der Waals surface area (Å²) in [7, 11) is -7.28. The van der Waals surface area contributed by atoms with E-state index >= 15 is 0 Å². The average Bonchev–Trinajstić information content (AvgIpc) is 2.55. The second kappa shape index (κ2) is 6.89. The molecular formula is C15H15F3N2O4S2. The van der Waals surface area contributed by atoms with Gasteiger partial charge in [0.15, 0.2) is 0 Å². The smallest absolute Gasteiger partial charge is 0.280 e. The minimum absolute atomic E-state index is 0.179. The molecule has 0 atom stereocenters. The fraction of sp³-hybridized carbons (Fsp3) is 0.200. The number of sulfonamides is 2. The number of benzene rings is 2. The molecule has 6 nitrogen and oxygen atoms in total. The third-order valence-electron chi connectivity index (χ3n) is 3.48. The molecule has 0 radical (unpaired) electrons. The molecule has 0 fully saturated rings. The van der Waals surface area contributed by atoms with E-state index in [0.29, 0.717) is 11.6 Å². The molecule has 11 heteroatoms. The number of hydrogen-bond acceptors (Lipinski definition) is 4. The minimum atomic E-state index is -4.86. The second-order valence-corrected chi connectivity index (χ2v) is 8.79. The number of aryl methyl sites for hydroxylation is 1. The first-order chi connectivity index (χ1) is 11.9. The summed E-state index contributed by atoms with van der Waals surface area (Å²) in [6, 6.07) is 7.36. The molecule has 0 aliphatic carbocycles. The van der Waals surface area contributed by atoms with Crippen molar-refractivity contribution in [2.75, 3.05) is 11.8 Å². The van der Waals surface area contributed by atoms with Crippen LogP contribution in [-0.2, 0) is 26.2 Å². The lowest BCUT2D eigenvalue weighted by atomic mass is 10.2. The molecule has 142 valence electrons. The fourth-order valence-electron chi connectivity index (χ4n) is 2.21. The Morgan fingerprint density at radius 1 is 0.885 bits per heavy atom. The Morgan fingerprint density at radius 2 is 1.50 bits per heavy atom. The third-order valence-corrected chi connectivity index (χ3v) is 6.48. The van der Waals surface area contributed by atoms with Crippen LogP contribution in [0.25, 0.3) is 0 Å². The molecule has 0 saturated heterocycles. The van der Waals surface area contributed by atoms with E-state index in [4.69, 9.17) is 0 Å². The van der Waals surface area contributed by atoms with Gasteiger partial charge in [-0.15, -0.1) is 0 Å². The van der Waals surface area contributed by atoms with Gasteiger partial charge in [-0.1, -0.05) is 18.2 Å². The summed E-state index contributed by atoms with van der Waals surface area (Å²) in [6.07, 6.45) is -4.86. The minimum Gasteiger partial charge on any atom is -0.280 e. The van der Waals surface area contributed by atoms with E-state index in [1.54, 1.807) is 0 Å². The maximum atomic E-state index is 13.1. The van der Waals surface area contributed by atoms with Gasteiger partial charge in [0.25, 0.3) is 10.0 Å². The highest BCUT2D eigenvalue weighted by Crippen LogP contribution is 2.34. The Morgan fingerprint density at radius 3 is 2.08 bits per heavy atom. The lowest BCUT2D eigenvalue weighted by Crippen LogP contribution is -2.21. The first-order valence-corrected chi connectivity index (χ1v) is 10.1. The summed E-state index contributed by atoms with van der Waals surface area (Å²) in [5.74, 6) is 0. The highest BCUT2D eigenvalue weighted by atomic mass is 32.2. The van der Waals surface area contributed by atoms with Gasteiger partial charge in [0.2, 0.25) is 10.0 Å². The summed E-state index contributed by atoms with van der Waals surface area (Å²) >= 11 is 0. The predicted molar refractivity (Wildman–Crippen MR) is 89.7 cm³/mol. The van der Waals surface area contributed by atoms with Crippen molar-refractivity contribution in [1.29, 1.82) is 0 Å². The standard InChI is InChI=1S/C15H15F3N2O4S2/c1-10-7-8-11(9-14(10)25(21,22)19-2)20-26(23,24)13-6-4-3-5-12(13)15(16,17)18/h3-9,19-20H,1-2H3. The highest BCUT2D eigenvalue weighted by Gasteiger charge is 2.37. The zero-order valence-corrected chi connectivity index (χ0v) is 15.3. The summed E-state index contributed by atoms with van der Waals surface area (Å²) in [5, 5.41) is 0. The molecule has 2 aromatic carbocycles. The van der Waals surface area contributed by atoms with Crippen LogP contribution in [0.4, 0.5) is 18.9 Å². The van der Waals surface area contributed by atoms with Gasteiger partial charge in [-0.25, -0.2) is 21.6 Å².